The SMILES string of the molecule is CC1CCCN(c2ccc([C@H](C)O)cc2)CC1. The summed E-state index contributed by atoms with van der Waals surface area (Å²) in [6.07, 6.45) is 3.56. The fourth-order valence-electron chi connectivity index (χ4n) is 2.48. The summed E-state index contributed by atoms with van der Waals surface area (Å²) >= 11 is 0. The minimum atomic E-state index is -0.367. The molecule has 0 amide bonds. The predicted molar refractivity (Wildman–Crippen MR) is 72.3 cm³/mol. The molecule has 0 saturated carbocycles. The first-order valence-corrected chi connectivity index (χ1v) is 6.70. The van der Waals surface area contributed by atoms with Crippen LogP contribution in [0.15, 0.2) is 24.3 Å². The Bertz CT molecular complexity index is 344. The fourth-order valence-corrected chi connectivity index (χ4v) is 2.48. The van der Waals surface area contributed by atoms with Crippen molar-refractivity contribution in [1.82, 2.24) is 0 Å². The standard InChI is InChI=1S/C15H23NO/c1-12-4-3-10-16(11-9-12)15-7-5-14(6-8-15)13(2)17/h5-8,12-13,17H,3-4,9-11H2,1-2H3/t12?,13-/m0/s1. The highest BCUT2D eigenvalue weighted by Gasteiger charge is 2.14. The number of hydrogen-bond acceptors (Lipinski definition) is 2. The van der Waals surface area contributed by atoms with E-state index in [2.05, 4.69) is 24.0 Å². The Morgan fingerprint density at radius 1 is 1.18 bits per heavy atom. The van der Waals surface area contributed by atoms with E-state index in [1.807, 2.05) is 19.1 Å². The van der Waals surface area contributed by atoms with E-state index in [0.717, 1.165) is 18.0 Å². The van der Waals surface area contributed by atoms with Crippen LogP contribution in [-0.2, 0) is 0 Å². The van der Waals surface area contributed by atoms with E-state index >= 15 is 0 Å². The molecule has 2 atom stereocenters. The lowest BCUT2D eigenvalue weighted by Crippen LogP contribution is -2.24. The van der Waals surface area contributed by atoms with Gasteiger partial charge in [0.25, 0.3) is 0 Å². The van der Waals surface area contributed by atoms with Crippen molar-refractivity contribution in [3.05, 3.63) is 29.8 Å². The molecular formula is C15H23NO. The number of anilines is 1. The van der Waals surface area contributed by atoms with Gasteiger partial charge >= 0.3 is 0 Å². The molecule has 1 aromatic rings. The van der Waals surface area contributed by atoms with Gasteiger partial charge in [-0.2, -0.15) is 0 Å². The van der Waals surface area contributed by atoms with E-state index in [0.29, 0.717) is 0 Å². The predicted octanol–water partition coefficient (Wildman–Crippen LogP) is 3.37. The molecule has 17 heavy (non-hydrogen) atoms. The number of rotatable bonds is 2. The van der Waals surface area contributed by atoms with Gasteiger partial charge in [-0.1, -0.05) is 19.1 Å². The van der Waals surface area contributed by atoms with Gasteiger partial charge in [0.1, 0.15) is 0 Å². The van der Waals surface area contributed by atoms with Crippen molar-refractivity contribution in [3.63, 3.8) is 0 Å². The van der Waals surface area contributed by atoms with Crippen molar-refractivity contribution < 1.29 is 5.11 Å². The van der Waals surface area contributed by atoms with Crippen molar-refractivity contribution in [1.29, 1.82) is 0 Å². The Morgan fingerprint density at radius 3 is 2.53 bits per heavy atom. The lowest BCUT2D eigenvalue weighted by atomic mass is 10.0. The number of benzene rings is 1. The third-order valence-electron chi connectivity index (χ3n) is 3.76. The van der Waals surface area contributed by atoms with Crippen molar-refractivity contribution in [2.24, 2.45) is 5.92 Å². The smallest absolute Gasteiger partial charge is 0.0761 e. The van der Waals surface area contributed by atoms with E-state index in [4.69, 9.17) is 0 Å². The second-order valence-electron chi connectivity index (χ2n) is 5.29. The quantitative estimate of drug-likeness (QED) is 0.846. The van der Waals surface area contributed by atoms with Crippen LogP contribution >= 0.6 is 0 Å². The number of nitrogens with zero attached hydrogens (tertiary/aromatic N) is 1. The molecule has 2 rings (SSSR count). The van der Waals surface area contributed by atoms with Gasteiger partial charge in [0, 0.05) is 18.8 Å². The molecular weight excluding hydrogens is 210 g/mol. The highest BCUT2D eigenvalue weighted by molar-refractivity contribution is 5.48. The van der Waals surface area contributed by atoms with Crippen LogP contribution in [0.1, 0.15) is 44.8 Å². The Hall–Kier alpha value is -1.02. The first-order valence-electron chi connectivity index (χ1n) is 6.70. The summed E-state index contributed by atoms with van der Waals surface area (Å²) in [5.74, 6) is 0.858. The number of aliphatic hydroxyl groups excluding tert-OH is 1. The molecule has 1 heterocycles. The maximum Gasteiger partial charge on any atom is 0.0761 e. The maximum atomic E-state index is 9.49. The molecule has 2 nitrogen and oxygen atoms in total. The van der Waals surface area contributed by atoms with Crippen LogP contribution in [0, 0.1) is 5.92 Å². The highest BCUT2D eigenvalue weighted by atomic mass is 16.3. The molecule has 1 aliphatic heterocycles. The summed E-state index contributed by atoms with van der Waals surface area (Å²) in [5.41, 5.74) is 2.29. The minimum absolute atomic E-state index is 0.367. The fraction of sp³-hybridized carbons (Fsp3) is 0.600. The van der Waals surface area contributed by atoms with Crippen LogP contribution in [0.2, 0.25) is 0 Å². The molecule has 1 fully saturated rings. The van der Waals surface area contributed by atoms with Crippen LogP contribution in [-0.4, -0.2) is 18.2 Å². The van der Waals surface area contributed by atoms with Crippen LogP contribution in [0.3, 0.4) is 0 Å². The molecule has 1 saturated heterocycles. The molecule has 0 spiro atoms. The molecule has 0 aromatic heterocycles. The number of aliphatic hydroxyl groups is 1. The van der Waals surface area contributed by atoms with Gasteiger partial charge in [0.15, 0.2) is 0 Å². The maximum absolute atomic E-state index is 9.49. The summed E-state index contributed by atoms with van der Waals surface area (Å²) in [6.45, 7) is 6.48. The highest BCUT2D eigenvalue weighted by Crippen LogP contribution is 2.23. The van der Waals surface area contributed by atoms with Crippen LogP contribution in [0.5, 0.6) is 0 Å². The summed E-state index contributed by atoms with van der Waals surface area (Å²) in [7, 11) is 0. The summed E-state index contributed by atoms with van der Waals surface area (Å²) in [6, 6.07) is 8.35. The zero-order valence-electron chi connectivity index (χ0n) is 10.9. The summed E-state index contributed by atoms with van der Waals surface area (Å²) in [5, 5.41) is 9.49. The second kappa shape index (κ2) is 5.54. The first-order chi connectivity index (χ1) is 8.16. The van der Waals surface area contributed by atoms with Gasteiger partial charge in [-0.15, -0.1) is 0 Å². The molecule has 2 heteroatoms. The zero-order chi connectivity index (χ0) is 12.3. The largest absolute Gasteiger partial charge is 0.389 e. The van der Waals surface area contributed by atoms with E-state index in [1.54, 1.807) is 0 Å². The molecule has 1 aliphatic rings. The molecule has 0 radical (unpaired) electrons. The van der Waals surface area contributed by atoms with E-state index < -0.39 is 0 Å². The average molecular weight is 233 g/mol. The van der Waals surface area contributed by atoms with Gasteiger partial charge < -0.3 is 10.0 Å². The molecule has 1 N–H and O–H groups in total. The Labute approximate surface area is 104 Å². The Balaban J connectivity index is 2.06. The average Bonchev–Trinajstić information content (AvgIpc) is 2.54. The molecule has 94 valence electrons. The molecule has 0 bridgehead atoms. The van der Waals surface area contributed by atoms with Crippen molar-refractivity contribution in [2.75, 3.05) is 18.0 Å². The third kappa shape index (κ3) is 3.22. The van der Waals surface area contributed by atoms with Gasteiger partial charge in [-0.25, -0.2) is 0 Å². The normalized spacial score (nSPS) is 23.2. The van der Waals surface area contributed by atoms with Gasteiger partial charge in [0.2, 0.25) is 0 Å². The summed E-state index contributed by atoms with van der Waals surface area (Å²) in [4.78, 5) is 2.47. The monoisotopic (exact) mass is 233 g/mol. The van der Waals surface area contributed by atoms with Crippen LogP contribution < -0.4 is 4.90 Å². The van der Waals surface area contributed by atoms with Crippen molar-refractivity contribution >= 4 is 5.69 Å². The van der Waals surface area contributed by atoms with E-state index in [9.17, 15) is 5.11 Å². The molecule has 0 aliphatic carbocycles. The van der Waals surface area contributed by atoms with Gasteiger partial charge in [0.05, 0.1) is 6.10 Å². The van der Waals surface area contributed by atoms with Gasteiger partial charge in [-0.05, 0) is 49.8 Å². The first kappa shape index (κ1) is 12.4. The lowest BCUT2D eigenvalue weighted by Gasteiger charge is -2.23. The number of hydrogen-bond donors (Lipinski definition) is 1. The van der Waals surface area contributed by atoms with E-state index in [1.165, 1.54) is 31.5 Å². The Kier molecular flexibility index (Phi) is 4.06. The van der Waals surface area contributed by atoms with Gasteiger partial charge in [-0.3, -0.25) is 0 Å². The molecule has 1 unspecified atom stereocenters. The van der Waals surface area contributed by atoms with Crippen molar-refractivity contribution in [2.45, 2.75) is 39.2 Å². The van der Waals surface area contributed by atoms with Crippen LogP contribution in [0.4, 0.5) is 5.69 Å². The van der Waals surface area contributed by atoms with Crippen molar-refractivity contribution in [3.8, 4) is 0 Å². The lowest BCUT2D eigenvalue weighted by molar-refractivity contribution is 0.199. The topological polar surface area (TPSA) is 23.5 Å². The zero-order valence-corrected chi connectivity index (χ0v) is 10.9. The molecule has 1 aromatic carbocycles. The Morgan fingerprint density at radius 2 is 1.88 bits per heavy atom. The van der Waals surface area contributed by atoms with Crippen LogP contribution in [0.25, 0.3) is 0 Å². The summed E-state index contributed by atoms with van der Waals surface area (Å²) < 4.78 is 0. The second-order valence-corrected chi connectivity index (χ2v) is 5.29. The minimum Gasteiger partial charge on any atom is -0.389 e. The third-order valence-corrected chi connectivity index (χ3v) is 3.76. The van der Waals surface area contributed by atoms with E-state index in [-0.39, 0.29) is 6.10 Å².